The third kappa shape index (κ3) is 26.3. The third-order valence-electron chi connectivity index (χ3n) is 7.94. The highest BCUT2D eigenvalue weighted by Gasteiger charge is 2.33. The van der Waals surface area contributed by atoms with Gasteiger partial charge in [0.15, 0.2) is 29.9 Å². The Morgan fingerprint density at radius 3 is 1.31 bits per heavy atom. The Labute approximate surface area is 292 Å². The fourth-order valence-corrected chi connectivity index (χ4v) is 4.51. The summed E-state index contributed by atoms with van der Waals surface area (Å²) >= 11 is 0. The van der Waals surface area contributed by atoms with Gasteiger partial charge in [-0.2, -0.15) is 0 Å². The number of hydrogen-bond donors (Lipinski definition) is 16. The van der Waals surface area contributed by atoms with Crippen molar-refractivity contribution in [3.05, 3.63) is 0 Å². The number of aliphatic hydroxyl groups excluding tert-OH is 5. The Morgan fingerprint density at radius 1 is 0.592 bits per heavy atom. The minimum absolute atomic E-state index is 0.155. The van der Waals surface area contributed by atoms with E-state index < -0.39 is 37.0 Å². The van der Waals surface area contributed by atoms with E-state index in [1.54, 1.807) is 0 Å². The Balaban J connectivity index is 0. The van der Waals surface area contributed by atoms with Crippen molar-refractivity contribution >= 4 is 29.8 Å². The molecule has 0 fully saturated rings. The van der Waals surface area contributed by atoms with Crippen LogP contribution in [-0.2, 0) is 4.79 Å². The number of hydrogen-bond acceptors (Lipinski definition) is 10. The predicted molar refractivity (Wildman–Crippen MR) is 193 cm³/mol. The van der Waals surface area contributed by atoms with E-state index in [1.807, 2.05) is 0 Å². The van der Waals surface area contributed by atoms with Gasteiger partial charge in [0.25, 0.3) is 0 Å². The lowest BCUT2D eigenvalue weighted by Gasteiger charge is -2.23. The number of carbonyl (C=O) groups is 1. The van der Waals surface area contributed by atoms with Gasteiger partial charge in [-0.05, 0) is 37.5 Å². The van der Waals surface area contributed by atoms with Crippen molar-refractivity contribution in [3.63, 3.8) is 0 Å². The molecule has 0 aliphatic rings. The molecule has 0 rings (SSSR count). The van der Waals surface area contributed by atoms with Gasteiger partial charge in [-0.25, -0.2) is 4.79 Å². The van der Waals surface area contributed by atoms with Crippen molar-refractivity contribution < 1.29 is 35.4 Å². The average molecular weight is 705 g/mol. The fraction of sp³-hybridized carbons (Fsp3) is 0.844. The second kappa shape index (κ2) is 30.8. The molecule has 0 heterocycles. The summed E-state index contributed by atoms with van der Waals surface area (Å²) in [6.45, 7) is 10.8. The van der Waals surface area contributed by atoms with Crippen molar-refractivity contribution in [1.29, 1.82) is 21.6 Å². The monoisotopic (exact) mass is 705 g/mol. The highest BCUT2D eigenvalue weighted by molar-refractivity contribution is 5.96. The van der Waals surface area contributed by atoms with Crippen LogP contribution in [0.4, 0.5) is 0 Å². The molecule has 6 atom stereocenters. The average Bonchev–Trinajstić information content (AvgIpc) is 3.08. The molecule has 0 aromatic rings. The lowest BCUT2D eigenvalue weighted by atomic mass is 9.99. The Hall–Kier alpha value is -3.25. The summed E-state index contributed by atoms with van der Waals surface area (Å²) in [6, 6.07) is 0. The van der Waals surface area contributed by atoms with Crippen LogP contribution < -0.4 is 31.9 Å². The molecule has 0 aromatic heterocycles. The van der Waals surface area contributed by atoms with Crippen molar-refractivity contribution in [2.24, 2.45) is 11.8 Å². The first kappa shape index (κ1) is 47.9. The zero-order chi connectivity index (χ0) is 37.6. The van der Waals surface area contributed by atoms with E-state index in [1.165, 1.54) is 38.5 Å². The minimum Gasteiger partial charge on any atom is -0.479 e. The maximum Gasteiger partial charge on any atom is 0.335 e. The number of aliphatic hydroxyl groups is 5. The smallest absolute Gasteiger partial charge is 0.335 e. The van der Waals surface area contributed by atoms with E-state index in [9.17, 15) is 4.79 Å². The number of nitrogens with one attached hydrogen (secondary N) is 10. The second-order valence-corrected chi connectivity index (χ2v) is 12.1. The van der Waals surface area contributed by atoms with Gasteiger partial charge < -0.3 is 51.9 Å². The van der Waals surface area contributed by atoms with Gasteiger partial charge in [-0.3, -0.25) is 32.3 Å². The second-order valence-electron chi connectivity index (χ2n) is 12.1. The summed E-state index contributed by atoms with van der Waals surface area (Å²) in [5, 5.41) is 101. The molecule has 2 unspecified atom stereocenters. The van der Waals surface area contributed by atoms with Crippen LogP contribution in [0.25, 0.3) is 0 Å². The molecule has 0 saturated carbocycles. The van der Waals surface area contributed by atoms with Crippen molar-refractivity contribution in [2.75, 3.05) is 32.8 Å². The SMILES string of the molecule is CCCCC(CC)CNC(=N)NC(=N)NCCCCCCNC(=N)NC(=N)NCC(CC)CCCC.O=C(O)[C@H](O)[C@@H](O)[C@H](O)[C@H](O)CO. The molecule has 17 nitrogen and oxygen atoms in total. The van der Waals surface area contributed by atoms with Crippen LogP contribution in [0.1, 0.15) is 105 Å². The molecule has 49 heavy (non-hydrogen) atoms. The minimum atomic E-state index is -2.20. The number of guanidine groups is 4. The number of carboxylic acid groups (broad SMARTS) is 1. The standard InChI is InChI=1S/C26H56N10.C6H12O7/c1-5-9-15-21(7-3)19-33-25(29)35-23(27)31-17-13-11-12-14-18-32-24(28)36-26(30)34-20-22(8-4)16-10-6-2;7-1-2(8)3(9)4(10)5(11)6(12)13/h21-22H,5-20H2,1-4H3,(H5,27,29,31,33,35)(H5,28,30,32,34,36);2-5,7-11H,1H2,(H,12,13)/t;2-,3-,4+,5-/m.1/s1. The Morgan fingerprint density at radius 2 is 0.980 bits per heavy atom. The van der Waals surface area contributed by atoms with Gasteiger partial charge in [-0.15, -0.1) is 0 Å². The molecule has 0 spiro atoms. The molecule has 17 heteroatoms. The zero-order valence-electron chi connectivity index (χ0n) is 30.1. The maximum absolute atomic E-state index is 10.1. The normalized spacial score (nSPS) is 14.4. The van der Waals surface area contributed by atoms with Crippen LogP contribution in [0.5, 0.6) is 0 Å². The number of unbranched alkanes of at least 4 members (excludes halogenated alkanes) is 5. The number of aliphatic carboxylic acids is 1. The summed E-state index contributed by atoms with van der Waals surface area (Å²) in [5.74, 6) is 0.0755. The van der Waals surface area contributed by atoms with Crippen molar-refractivity contribution in [1.82, 2.24) is 31.9 Å². The first-order valence-corrected chi connectivity index (χ1v) is 17.7. The summed E-state index contributed by atoms with van der Waals surface area (Å²) in [6.07, 6.45) is 5.49. The molecular formula is C32H68N10O7. The first-order chi connectivity index (χ1) is 23.3. The van der Waals surface area contributed by atoms with Gasteiger partial charge in [0, 0.05) is 26.2 Å². The molecule has 0 radical (unpaired) electrons. The largest absolute Gasteiger partial charge is 0.479 e. The first-order valence-electron chi connectivity index (χ1n) is 17.7. The van der Waals surface area contributed by atoms with Crippen LogP contribution in [-0.4, -0.2) is 118 Å². The molecule has 0 amide bonds. The quantitative estimate of drug-likeness (QED) is 0.0375. The van der Waals surface area contributed by atoms with Crippen LogP contribution in [0, 0.1) is 33.5 Å². The van der Waals surface area contributed by atoms with Crippen molar-refractivity contribution in [3.8, 4) is 0 Å². The lowest BCUT2D eigenvalue weighted by Crippen LogP contribution is -2.48. The summed E-state index contributed by atoms with van der Waals surface area (Å²) < 4.78 is 0. The predicted octanol–water partition coefficient (Wildman–Crippen LogP) is 0.763. The molecule has 0 aromatic carbocycles. The van der Waals surface area contributed by atoms with Gasteiger partial charge in [0.1, 0.15) is 18.3 Å². The molecule has 0 aliphatic heterocycles. The van der Waals surface area contributed by atoms with Crippen LogP contribution in [0.3, 0.4) is 0 Å². The number of rotatable bonds is 24. The van der Waals surface area contributed by atoms with Gasteiger partial charge >= 0.3 is 5.97 Å². The molecule has 0 saturated heterocycles. The highest BCUT2D eigenvalue weighted by atomic mass is 16.4. The van der Waals surface area contributed by atoms with Crippen LogP contribution in [0.2, 0.25) is 0 Å². The topological polar surface area (TPSA) is 306 Å². The molecule has 0 aliphatic carbocycles. The summed E-state index contributed by atoms with van der Waals surface area (Å²) in [5.41, 5.74) is 0. The van der Waals surface area contributed by atoms with E-state index in [4.69, 9.17) is 52.3 Å². The van der Waals surface area contributed by atoms with Gasteiger partial charge in [-0.1, -0.05) is 79.1 Å². The summed E-state index contributed by atoms with van der Waals surface area (Å²) in [7, 11) is 0. The highest BCUT2D eigenvalue weighted by Crippen LogP contribution is 2.12. The molecule has 0 bridgehead atoms. The van der Waals surface area contributed by atoms with E-state index in [0.717, 1.165) is 51.6 Å². The summed E-state index contributed by atoms with van der Waals surface area (Å²) in [4.78, 5) is 10.1. The van der Waals surface area contributed by atoms with E-state index in [-0.39, 0.29) is 23.8 Å². The molecule has 288 valence electrons. The van der Waals surface area contributed by atoms with E-state index in [0.29, 0.717) is 24.9 Å². The lowest BCUT2D eigenvalue weighted by molar-refractivity contribution is -0.164. The van der Waals surface area contributed by atoms with Gasteiger partial charge in [0.05, 0.1) is 6.61 Å². The van der Waals surface area contributed by atoms with Crippen LogP contribution in [0.15, 0.2) is 0 Å². The Bertz CT molecular complexity index is 864. The van der Waals surface area contributed by atoms with E-state index in [2.05, 4.69) is 59.6 Å². The fourth-order valence-electron chi connectivity index (χ4n) is 4.51. The third-order valence-corrected chi connectivity index (χ3v) is 7.94. The zero-order valence-corrected chi connectivity index (χ0v) is 30.1. The van der Waals surface area contributed by atoms with Crippen LogP contribution >= 0.6 is 0 Å². The maximum atomic E-state index is 10.1. The molecular weight excluding hydrogens is 636 g/mol. The number of carboxylic acids is 1. The molecule has 16 N–H and O–H groups in total. The van der Waals surface area contributed by atoms with E-state index >= 15 is 0 Å². The Kier molecular flexibility index (Phi) is 30.1. The van der Waals surface area contributed by atoms with Crippen molar-refractivity contribution in [2.45, 2.75) is 129 Å². The van der Waals surface area contributed by atoms with Gasteiger partial charge in [0.2, 0.25) is 0 Å².